The van der Waals surface area contributed by atoms with Crippen molar-refractivity contribution in [1.29, 1.82) is 0 Å². The second kappa shape index (κ2) is 3.41. The summed E-state index contributed by atoms with van der Waals surface area (Å²) < 4.78 is 0. The van der Waals surface area contributed by atoms with Crippen molar-refractivity contribution in [2.24, 2.45) is 0 Å². The average Bonchev–Trinajstić information content (AvgIpc) is 2.62. The van der Waals surface area contributed by atoms with E-state index in [1.807, 2.05) is 6.07 Å². The number of hydrogen-bond donors (Lipinski definition) is 1. The smallest absolute Gasteiger partial charge is 0.113 e. The molecule has 1 fully saturated rings. The van der Waals surface area contributed by atoms with Crippen molar-refractivity contribution in [3.05, 3.63) is 35.9 Å². The summed E-state index contributed by atoms with van der Waals surface area (Å²) >= 11 is 0. The van der Waals surface area contributed by atoms with E-state index in [9.17, 15) is 0 Å². The minimum atomic E-state index is 0.351. The highest BCUT2D eigenvalue weighted by molar-refractivity contribution is 6.32. The lowest BCUT2D eigenvalue weighted by molar-refractivity contribution is 0.364. The molecule has 0 saturated heterocycles. The molecular weight excluding hydrogens is 193 g/mol. The van der Waals surface area contributed by atoms with Gasteiger partial charge in [0.15, 0.2) is 0 Å². The molecule has 0 aromatic heterocycles. The largest absolute Gasteiger partial charge is 0.384 e. The number of anilines is 1. The van der Waals surface area contributed by atoms with Gasteiger partial charge in [-0.2, -0.15) is 0 Å². The summed E-state index contributed by atoms with van der Waals surface area (Å²) in [5, 5.41) is 3.51. The van der Waals surface area contributed by atoms with Crippen LogP contribution in [-0.2, 0) is 5.41 Å². The SMILES string of the molecule is [B]c1ccc2c(c1)NCC21CCC(=C)CC1. The third-order valence-electron chi connectivity index (χ3n) is 4.15. The van der Waals surface area contributed by atoms with Crippen LogP contribution in [-0.4, -0.2) is 14.4 Å². The van der Waals surface area contributed by atoms with Gasteiger partial charge in [0, 0.05) is 17.6 Å². The lowest BCUT2D eigenvalue weighted by Crippen LogP contribution is -2.31. The highest BCUT2D eigenvalue weighted by Crippen LogP contribution is 2.46. The molecule has 1 aromatic rings. The molecule has 0 unspecified atom stereocenters. The molecule has 80 valence electrons. The molecule has 1 spiro atoms. The Labute approximate surface area is 98.4 Å². The van der Waals surface area contributed by atoms with Crippen molar-refractivity contribution in [3.63, 3.8) is 0 Å². The van der Waals surface area contributed by atoms with Crippen LogP contribution in [0.2, 0.25) is 0 Å². The second-order valence-electron chi connectivity index (χ2n) is 5.19. The highest BCUT2D eigenvalue weighted by atomic mass is 14.9. The zero-order valence-corrected chi connectivity index (χ0v) is 9.55. The van der Waals surface area contributed by atoms with Crippen LogP contribution in [0.4, 0.5) is 5.69 Å². The summed E-state index contributed by atoms with van der Waals surface area (Å²) in [6, 6.07) is 6.29. The summed E-state index contributed by atoms with van der Waals surface area (Å²) in [4.78, 5) is 0. The zero-order chi connectivity index (χ0) is 11.2. The van der Waals surface area contributed by atoms with Gasteiger partial charge in [-0.05, 0) is 37.3 Å². The van der Waals surface area contributed by atoms with Gasteiger partial charge in [0.05, 0.1) is 0 Å². The number of benzene rings is 1. The van der Waals surface area contributed by atoms with Crippen molar-refractivity contribution in [2.75, 3.05) is 11.9 Å². The van der Waals surface area contributed by atoms with Crippen LogP contribution in [0.1, 0.15) is 31.2 Å². The van der Waals surface area contributed by atoms with E-state index in [4.69, 9.17) is 7.85 Å². The molecule has 16 heavy (non-hydrogen) atoms. The number of fused-ring (bicyclic) bond motifs is 2. The molecule has 1 N–H and O–H groups in total. The second-order valence-corrected chi connectivity index (χ2v) is 5.19. The normalized spacial score (nSPS) is 21.9. The molecule has 2 aliphatic rings. The van der Waals surface area contributed by atoms with E-state index in [-0.39, 0.29) is 0 Å². The Kier molecular flexibility index (Phi) is 2.13. The van der Waals surface area contributed by atoms with Gasteiger partial charge < -0.3 is 5.32 Å². The van der Waals surface area contributed by atoms with E-state index in [2.05, 4.69) is 24.0 Å². The Balaban J connectivity index is 1.99. The fourth-order valence-corrected chi connectivity index (χ4v) is 3.06. The van der Waals surface area contributed by atoms with Crippen molar-refractivity contribution < 1.29 is 0 Å². The molecule has 0 amide bonds. The highest BCUT2D eigenvalue weighted by Gasteiger charge is 2.40. The fraction of sp³-hybridized carbons (Fsp3) is 0.429. The zero-order valence-electron chi connectivity index (χ0n) is 9.55. The molecule has 2 heteroatoms. The summed E-state index contributed by atoms with van der Waals surface area (Å²) in [7, 11) is 5.82. The number of nitrogens with one attached hydrogen (secondary N) is 1. The predicted molar refractivity (Wildman–Crippen MR) is 69.6 cm³/mol. The van der Waals surface area contributed by atoms with Crippen LogP contribution in [0.25, 0.3) is 0 Å². The summed E-state index contributed by atoms with van der Waals surface area (Å²) in [5.74, 6) is 0. The molecular formula is C14H16BN. The summed E-state index contributed by atoms with van der Waals surface area (Å²) in [6.45, 7) is 5.17. The quantitative estimate of drug-likeness (QED) is 0.510. The molecule has 3 rings (SSSR count). The minimum absolute atomic E-state index is 0.351. The number of allylic oxidation sites excluding steroid dienone is 1. The Morgan fingerprint density at radius 1 is 1.25 bits per heavy atom. The third-order valence-corrected chi connectivity index (χ3v) is 4.15. The van der Waals surface area contributed by atoms with E-state index in [0.29, 0.717) is 5.41 Å². The summed E-state index contributed by atoms with van der Waals surface area (Å²) in [5.41, 5.74) is 5.32. The first kappa shape index (κ1) is 10.0. The van der Waals surface area contributed by atoms with Gasteiger partial charge in [-0.1, -0.05) is 29.7 Å². The van der Waals surface area contributed by atoms with Crippen molar-refractivity contribution in [3.8, 4) is 0 Å². The van der Waals surface area contributed by atoms with E-state index in [1.54, 1.807) is 0 Å². The maximum absolute atomic E-state index is 5.82. The van der Waals surface area contributed by atoms with Crippen LogP contribution >= 0.6 is 0 Å². The van der Waals surface area contributed by atoms with Gasteiger partial charge in [-0.3, -0.25) is 0 Å². The monoisotopic (exact) mass is 209 g/mol. The van der Waals surface area contributed by atoms with Crippen LogP contribution < -0.4 is 10.8 Å². The van der Waals surface area contributed by atoms with Gasteiger partial charge in [0.25, 0.3) is 0 Å². The van der Waals surface area contributed by atoms with E-state index in [1.165, 1.54) is 42.5 Å². The van der Waals surface area contributed by atoms with Gasteiger partial charge in [0.1, 0.15) is 7.85 Å². The maximum atomic E-state index is 5.82. The van der Waals surface area contributed by atoms with Crippen molar-refractivity contribution in [2.45, 2.75) is 31.1 Å². The fourth-order valence-electron chi connectivity index (χ4n) is 3.06. The van der Waals surface area contributed by atoms with Crippen LogP contribution in [0, 0.1) is 0 Å². The van der Waals surface area contributed by atoms with Crippen molar-refractivity contribution in [1.82, 2.24) is 0 Å². The van der Waals surface area contributed by atoms with Crippen LogP contribution in [0.3, 0.4) is 0 Å². The van der Waals surface area contributed by atoms with Gasteiger partial charge >= 0.3 is 0 Å². The Bertz CT molecular complexity index is 440. The summed E-state index contributed by atoms with van der Waals surface area (Å²) in [6.07, 6.45) is 4.81. The first-order chi connectivity index (χ1) is 7.70. The lowest BCUT2D eigenvalue weighted by Gasteiger charge is -2.34. The van der Waals surface area contributed by atoms with E-state index in [0.717, 1.165) is 12.0 Å². The number of rotatable bonds is 0. The van der Waals surface area contributed by atoms with Crippen molar-refractivity contribution >= 4 is 19.0 Å². The molecule has 1 aliphatic heterocycles. The Morgan fingerprint density at radius 2 is 2.00 bits per heavy atom. The first-order valence-corrected chi connectivity index (χ1v) is 6.00. The maximum Gasteiger partial charge on any atom is 0.113 e. The van der Waals surface area contributed by atoms with Gasteiger partial charge in [-0.15, -0.1) is 0 Å². The van der Waals surface area contributed by atoms with Gasteiger partial charge in [-0.25, -0.2) is 0 Å². The molecule has 1 aliphatic carbocycles. The molecule has 0 atom stereocenters. The molecule has 1 saturated carbocycles. The molecule has 1 heterocycles. The topological polar surface area (TPSA) is 12.0 Å². The Hall–Kier alpha value is -1.18. The van der Waals surface area contributed by atoms with Gasteiger partial charge in [0.2, 0.25) is 0 Å². The molecule has 2 radical (unpaired) electrons. The first-order valence-electron chi connectivity index (χ1n) is 6.00. The molecule has 1 nitrogen and oxygen atoms in total. The van der Waals surface area contributed by atoms with Crippen LogP contribution in [0.15, 0.2) is 30.4 Å². The Morgan fingerprint density at radius 3 is 2.75 bits per heavy atom. The average molecular weight is 209 g/mol. The third kappa shape index (κ3) is 1.40. The van der Waals surface area contributed by atoms with Crippen LogP contribution in [0.5, 0.6) is 0 Å². The predicted octanol–water partition coefficient (Wildman–Crippen LogP) is 2.27. The van der Waals surface area contributed by atoms with E-state index >= 15 is 0 Å². The standard InChI is InChI=1S/C14H16BN/c1-10-4-6-14(7-5-10)9-16-13-8-11(15)2-3-12(13)14/h2-3,8,16H,1,4-7,9H2. The lowest BCUT2D eigenvalue weighted by atomic mass is 9.69. The van der Waals surface area contributed by atoms with E-state index < -0.39 is 0 Å². The number of hydrogen-bond acceptors (Lipinski definition) is 1. The minimum Gasteiger partial charge on any atom is -0.384 e. The molecule has 0 bridgehead atoms. The molecule has 1 aromatic carbocycles.